The van der Waals surface area contributed by atoms with Gasteiger partial charge in [-0.25, -0.2) is 9.37 Å². The highest BCUT2D eigenvalue weighted by Crippen LogP contribution is 2.25. The quantitative estimate of drug-likeness (QED) is 0.739. The van der Waals surface area contributed by atoms with E-state index in [1.165, 1.54) is 12.1 Å². The topological polar surface area (TPSA) is 38.1 Å². The first-order chi connectivity index (χ1) is 11.6. The lowest BCUT2D eigenvalue weighted by Gasteiger charge is -2.14. The average molecular weight is 323 g/mol. The summed E-state index contributed by atoms with van der Waals surface area (Å²) in [6.07, 6.45) is 1.89. The van der Waals surface area contributed by atoms with Crippen molar-refractivity contribution in [2.75, 3.05) is 14.1 Å². The molecule has 0 aliphatic rings. The Hall–Kier alpha value is -2.95. The number of carbonyl (C=O) groups is 1. The van der Waals surface area contributed by atoms with Crippen LogP contribution in [0.5, 0.6) is 0 Å². The van der Waals surface area contributed by atoms with Crippen LogP contribution in [-0.2, 0) is 11.2 Å². The van der Waals surface area contributed by atoms with Gasteiger partial charge in [-0.1, -0.05) is 30.3 Å². The van der Waals surface area contributed by atoms with E-state index in [1.807, 2.05) is 34.9 Å². The number of likely N-dealkylation sites (N-methyl/N-ethyl adjacent to an activating group) is 1. The van der Waals surface area contributed by atoms with Gasteiger partial charge < -0.3 is 9.47 Å². The van der Waals surface area contributed by atoms with Crippen LogP contribution in [0.3, 0.4) is 0 Å². The molecule has 0 unspecified atom stereocenters. The maximum absolute atomic E-state index is 13.2. The van der Waals surface area contributed by atoms with Gasteiger partial charge in [-0.05, 0) is 24.3 Å². The number of aromatic nitrogens is 2. The minimum absolute atomic E-state index is 0.0176. The Balaban J connectivity index is 2.10. The van der Waals surface area contributed by atoms with Gasteiger partial charge in [-0.2, -0.15) is 0 Å². The fourth-order valence-corrected chi connectivity index (χ4v) is 2.51. The molecule has 5 heteroatoms. The highest BCUT2D eigenvalue weighted by molar-refractivity contribution is 5.80. The molecule has 0 aliphatic heterocycles. The highest BCUT2D eigenvalue weighted by atomic mass is 19.1. The zero-order valence-corrected chi connectivity index (χ0v) is 13.6. The molecule has 3 rings (SSSR count). The van der Waals surface area contributed by atoms with Crippen LogP contribution in [0.2, 0.25) is 0 Å². The number of hydrogen-bond acceptors (Lipinski definition) is 2. The molecule has 0 saturated carbocycles. The molecule has 0 spiro atoms. The normalized spacial score (nSPS) is 10.6. The van der Waals surface area contributed by atoms with Gasteiger partial charge in [0.1, 0.15) is 12.1 Å². The summed E-state index contributed by atoms with van der Waals surface area (Å²) in [4.78, 5) is 18.3. The third-order valence-electron chi connectivity index (χ3n) is 3.84. The fraction of sp³-hybridized carbons (Fsp3) is 0.158. The summed E-state index contributed by atoms with van der Waals surface area (Å²) < 4.78 is 15.0. The predicted octanol–water partition coefficient (Wildman–Crippen LogP) is 3.31. The number of amides is 1. The molecule has 1 amide bonds. The second-order valence-electron chi connectivity index (χ2n) is 5.72. The Labute approximate surface area is 140 Å². The third kappa shape index (κ3) is 3.20. The summed E-state index contributed by atoms with van der Waals surface area (Å²) in [6, 6.07) is 15.9. The van der Waals surface area contributed by atoms with Crippen molar-refractivity contribution in [2.45, 2.75) is 6.42 Å². The van der Waals surface area contributed by atoms with Crippen LogP contribution in [0.4, 0.5) is 4.39 Å². The van der Waals surface area contributed by atoms with Gasteiger partial charge in [0.2, 0.25) is 5.91 Å². The lowest BCUT2D eigenvalue weighted by Crippen LogP contribution is -2.24. The number of rotatable bonds is 4. The van der Waals surface area contributed by atoms with Crippen molar-refractivity contribution in [3.05, 3.63) is 72.4 Å². The van der Waals surface area contributed by atoms with Crippen molar-refractivity contribution in [3.8, 4) is 16.9 Å². The molecular weight excluding hydrogens is 305 g/mol. The second kappa shape index (κ2) is 6.66. The van der Waals surface area contributed by atoms with Crippen LogP contribution < -0.4 is 0 Å². The van der Waals surface area contributed by atoms with E-state index in [0.29, 0.717) is 0 Å². The van der Waals surface area contributed by atoms with Gasteiger partial charge in [-0.3, -0.25) is 4.79 Å². The molecule has 122 valence electrons. The molecule has 0 aliphatic carbocycles. The molecule has 0 radical (unpaired) electrons. The molecular formula is C19H18FN3O. The first kappa shape index (κ1) is 15.9. The van der Waals surface area contributed by atoms with E-state index in [4.69, 9.17) is 0 Å². The summed E-state index contributed by atoms with van der Waals surface area (Å²) in [5, 5.41) is 0. The number of imidazole rings is 1. The predicted molar refractivity (Wildman–Crippen MR) is 91.4 cm³/mol. The molecule has 0 fully saturated rings. The first-order valence-corrected chi connectivity index (χ1v) is 7.64. The fourth-order valence-electron chi connectivity index (χ4n) is 2.51. The molecule has 0 saturated heterocycles. The minimum Gasteiger partial charge on any atom is -0.348 e. The Morgan fingerprint density at radius 3 is 2.38 bits per heavy atom. The number of halogens is 1. The van der Waals surface area contributed by atoms with Gasteiger partial charge in [0.15, 0.2) is 0 Å². The smallest absolute Gasteiger partial charge is 0.228 e. The van der Waals surface area contributed by atoms with Crippen molar-refractivity contribution < 1.29 is 9.18 Å². The first-order valence-electron chi connectivity index (χ1n) is 7.64. The monoisotopic (exact) mass is 323 g/mol. The summed E-state index contributed by atoms with van der Waals surface area (Å²) in [5.41, 5.74) is 3.26. The van der Waals surface area contributed by atoms with E-state index in [0.717, 1.165) is 22.6 Å². The van der Waals surface area contributed by atoms with Crippen LogP contribution in [0, 0.1) is 5.82 Å². The molecule has 0 N–H and O–H groups in total. The maximum atomic E-state index is 13.2. The van der Waals surface area contributed by atoms with Crippen molar-refractivity contribution in [2.24, 2.45) is 0 Å². The van der Waals surface area contributed by atoms with E-state index in [-0.39, 0.29) is 18.1 Å². The van der Waals surface area contributed by atoms with Crippen molar-refractivity contribution in [1.29, 1.82) is 0 Å². The average Bonchev–Trinajstić information content (AvgIpc) is 3.00. The van der Waals surface area contributed by atoms with Crippen LogP contribution in [0.25, 0.3) is 16.9 Å². The van der Waals surface area contributed by atoms with Gasteiger partial charge in [0.05, 0.1) is 17.8 Å². The molecule has 0 atom stereocenters. The standard InChI is InChI=1S/C19H18FN3O/c1-22(2)18(24)12-17-19(14-6-4-3-5-7-14)21-13-23(17)16-10-8-15(20)9-11-16/h3-11,13H,12H2,1-2H3. The van der Waals surface area contributed by atoms with Crippen molar-refractivity contribution in [1.82, 2.24) is 14.5 Å². The lowest BCUT2D eigenvalue weighted by atomic mass is 10.1. The minimum atomic E-state index is -0.298. The molecule has 3 aromatic rings. The third-order valence-corrected chi connectivity index (χ3v) is 3.84. The van der Waals surface area contributed by atoms with E-state index >= 15 is 0 Å². The Morgan fingerprint density at radius 1 is 1.08 bits per heavy atom. The number of hydrogen-bond donors (Lipinski definition) is 0. The van der Waals surface area contributed by atoms with Crippen LogP contribution in [-0.4, -0.2) is 34.5 Å². The summed E-state index contributed by atoms with van der Waals surface area (Å²) in [5.74, 6) is -0.316. The summed E-state index contributed by atoms with van der Waals surface area (Å²) in [7, 11) is 3.45. The van der Waals surface area contributed by atoms with Gasteiger partial charge in [0.25, 0.3) is 0 Å². The van der Waals surface area contributed by atoms with Gasteiger partial charge in [-0.15, -0.1) is 0 Å². The summed E-state index contributed by atoms with van der Waals surface area (Å²) in [6.45, 7) is 0. The maximum Gasteiger partial charge on any atom is 0.228 e. The number of benzene rings is 2. The largest absolute Gasteiger partial charge is 0.348 e. The number of carbonyl (C=O) groups excluding carboxylic acids is 1. The van der Waals surface area contributed by atoms with E-state index in [1.54, 1.807) is 37.5 Å². The van der Waals surface area contributed by atoms with Crippen molar-refractivity contribution in [3.63, 3.8) is 0 Å². The SMILES string of the molecule is CN(C)C(=O)Cc1c(-c2ccccc2)ncn1-c1ccc(F)cc1. The second-order valence-corrected chi connectivity index (χ2v) is 5.72. The lowest BCUT2D eigenvalue weighted by molar-refractivity contribution is -0.128. The molecule has 2 aromatic carbocycles. The molecule has 1 heterocycles. The zero-order valence-electron chi connectivity index (χ0n) is 13.6. The van der Waals surface area contributed by atoms with Crippen LogP contribution >= 0.6 is 0 Å². The van der Waals surface area contributed by atoms with Gasteiger partial charge >= 0.3 is 0 Å². The Morgan fingerprint density at radius 2 is 1.75 bits per heavy atom. The van der Waals surface area contributed by atoms with Crippen LogP contribution in [0.15, 0.2) is 60.9 Å². The summed E-state index contributed by atoms with van der Waals surface area (Å²) >= 11 is 0. The van der Waals surface area contributed by atoms with Crippen LogP contribution in [0.1, 0.15) is 5.69 Å². The molecule has 4 nitrogen and oxygen atoms in total. The molecule has 24 heavy (non-hydrogen) atoms. The molecule has 0 bridgehead atoms. The zero-order chi connectivity index (χ0) is 17.1. The Bertz CT molecular complexity index is 839. The van der Waals surface area contributed by atoms with Gasteiger partial charge in [0, 0.05) is 25.3 Å². The van der Waals surface area contributed by atoms with E-state index in [2.05, 4.69) is 4.98 Å². The highest BCUT2D eigenvalue weighted by Gasteiger charge is 2.18. The van der Waals surface area contributed by atoms with E-state index in [9.17, 15) is 9.18 Å². The number of nitrogens with zero attached hydrogens (tertiary/aromatic N) is 3. The van der Waals surface area contributed by atoms with Crippen molar-refractivity contribution >= 4 is 5.91 Å². The Kier molecular flexibility index (Phi) is 4.42. The molecule has 1 aromatic heterocycles. The van der Waals surface area contributed by atoms with E-state index < -0.39 is 0 Å².